The molecule has 2 rings (SSSR count). The van der Waals surface area contributed by atoms with Gasteiger partial charge in [-0.3, -0.25) is 5.10 Å². The van der Waals surface area contributed by atoms with E-state index in [1.165, 1.54) is 49.1 Å². The molecule has 1 heterocycles. The van der Waals surface area contributed by atoms with E-state index in [4.69, 9.17) is 0 Å². The van der Waals surface area contributed by atoms with Crippen molar-refractivity contribution in [3.05, 3.63) is 17.0 Å². The molecule has 0 spiro atoms. The van der Waals surface area contributed by atoms with Crippen LogP contribution in [0.25, 0.3) is 0 Å². The van der Waals surface area contributed by atoms with Crippen LogP contribution in [0.15, 0.2) is 0 Å². The van der Waals surface area contributed by atoms with Crippen molar-refractivity contribution in [3.63, 3.8) is 0 Å². The van der Waals surface area contributed by atoms with E-state index in [1.807, 2.05) is 0 Å². The Kier molecular flexibility index (Phi) is 4.57. The molecule has 0 saturated heterocycles. The third-order valence-electron chi connectivity index (χ3n) is 3.39. The Morgan fingerprint density at radius 3 is 2.94 bits per heavy atom. The smallest absolute Gasteiger partial charge is 0.0794 e. The highest BCUT2D eigenvalue weighted by molar-refractivity contribution is 5.27. The van der Waals surface area contributed by atoms with Gasteiger partial charge in [0.25, 0.3) is 0 Å². The van der Waals surface area contributed by atoms with Gasteiger partial charge in [-0.2, -0.15) is 5.10 Å². The van der Waals surface area contributed by atoms with Crippen molar-refractivity contribution in [2.24, 2.45) is 0 Å². The van der Waals surface area contributed by atoms with Gasteiger partial charge in [0.2, 0.25) is 0 Å². The average Bonchev–Trinajstić information content (AvgIpc) is 2.72. The SMILES string of the molecule is CN(C)CCCNCc1n[nH]c2c1CCCC2. The van der Waals surface area contributed by atoms with E-state index < -0.39 is 0 Å². The largest absolute Gasteiger partial charge is 0.311 e. The molecule has 0 unspecified atom stereocenters. The summed E-state index contributed by atoms with van der Waals surface area (Å²) in [6, 6.07) is 0. The second-order valence-corrected chi connectivity index (χ2v) is 5.17. The maximum atomic E-state index is 4.43. The molecule has 1 aliphatic rings. The van der Waals surface area contributed by atoms with E-state index in [0.717, 1.165) is 19.6 Å². The average molecular weight is 236 g/mol. The minimum Gasteiger partial charge on any atom is -0.311 e. The topological polar surface area (TPSA) is 44.0 Å². The molecule has 0 radical (unpaired) electrons. The zero-order valence-corrected chi connectivity index (χ0v) is 11.1. The van der Waals surface area contributed by atoms with E-state index >= 15 is 0 Å². The minimum absolute atomic E-state index is 0.916. The normalized spacial score (nSPS) is 15.2. The lowest BCUT2D eigenvalue weighted by atomic mass is 9.96. The van der Waals surface area contributed by atoms with Crippen LogP contribution < -0.4 is 5.32 Å². The quantitative estimate of drug-likeness (QED) is 0.732. The molecular weight excluding hydrogens is 212 g/mol. The van der Waals surface area contributed by atoms with Crippen molar-refractivity contribution in [2.45, 2.75) is 38.6 Å². The van der Waals surface area contributed by atoms with Crippen molar-refractivity contribution < 1.29 is 0 Å². The molecule has 0 fully saturated rings. The number of nitrogens with zero attached hydrogens (tertiary/aromatic N) is 2. The van der Waals surface area contributed by atoms with Gasteiger partial charge >= 0.3 is 0 Å². The first kappa shape index (κ1) is 12.6. The number of hydrogen-bond acceptors (Lipinski definition) is 3. The first-order valence-electron chi connectivity index (χ1n) is 6.68. The van der Waals surface area contributed by atoms with Gasteiger partial charge < -0.3 is 10.2 Å². The monoisotopic (exact) mass is 236 g/mol. The molecule has 17 heavy (non-hydrogen) atoms. The van der Waals surface area contributed by atoms with Crippen molar-refractivity contribution in [3.8, 4) is 0 Å². The van der Waals surface area contributed by atoms with Crippen LogP contribution in [0, 0.1) is 0 Å². The number of fused-ring (bicyclic) bond motifs is 1. The lowest BCUT2D eigenvalue weighted by Crippen LogP contribution is -2.21. The van der Waals surface area contributed by atoms with E-state index in [0.29, 0.717) is 0 Å². The van der Waals surface area contributed by atoms with Crippen LogP contribution in [-0.2, 0) is 19.4 Å². The van der Waals surface area contributed by atoms with Gasteiger partial charge in [-0.15, -0.1) is 0 Å². The summed E-state index contributed by atoms with van der Waals surface area (Å²) in [7, 11) is 4.23. The Morgan fingerprint density at radius 2 is 2.12 bits per heavy atom. The number of nitrogens with one attached hydrogen (secondary N) is 2. The van der Waals surface area contributed by atoms with Gasteiger partial charge in [-0.1, -0.05) is 0 Å². The third-order valence-corrected chi connectivity index (χ3v) is 3.39. The molecular formula is C13H24N4. The second kappa shape index (κ2) is 6.17. The van der Waals surface area contributed by atoms with Crippen LogP contribution in [0.5, 0.6) is 0 Å². The van der Waals surface area contributed by atoms with Crippen molar-refractivity contribution in [1.82, 2.24) is 20.4 Å². The summed E-state index contributed by atoms with van der Waals surface area (Å²) in [4.78, 5) is 2.22. The number of hydrogen-bond donors (Lipinski definition) is 2. The highest BCUT2D eigenvalue weighted by atomic mass is 15.1. The van der Waals surface area contributed by atoms with E-state index in [-0.39, 0.29) is 0 Å². The molecule has 0 saturated carbocycles. The summed E-state index contributed by atoms with van der Waals surface area (Å²) in [5.74, 6) is 0. The molecule has 2 N–H and O–H groups in total. The molecule has 0 aliphatic heterocycles. The summed E-state index contributed by atoms with van der Waals surface area (Å²) in [5.41, 5.74) is 4.10. The molecule has 0 atom stereocenters. The molecule has 1 aromatic rings. The van der Waals surface area contributed by atoms with Gasteiger partial charge in [-0.25, -0.2) is 0 Å². The second-order valence-electron chi connectivity index (χ2n) is 5.17. The number of rotatable bonds is 6. The van der Waals surface area contributed by atoms with Crippen LogP contribution in [-0.4, -0.2) is 42.3 Å². The Bertz CT molecular complexity index is 343. The predicted octanol–water partition coefficient (Wildman–Crippen LogP) is 1.33. The maximum Gasteiger partial charge on any atom is 0.0794 e. The molecule has 0 amide bonds. The summed E-state index contributed by atoms with van der Waals surface area (Å²) < 4.78 is 0. The summed E-state index contributed by atoms with van der Waals surface area (Å²) in [5, 5.41) is 11.1. The standard InChI is InChI=1S/C13H24N4/c1-17(2)9-5-8-14-10-13-11-6-3-4-7-12(11)15-16-13/h14H,3-10H2,1-2H3,(H,15,16). The van der Waals surface area contributed by atoms with Crippen molar-refractivity contribution in [1.29, 1.82) is 0 Å². The Labute approximate surface area is 104 Å². The highest BCUT2D eigenvalue weighted by Gasteiger charge is 2.15. The van der Waals surface area contributed by atoms with Crippen LogP contribution >= 0.6 is 0 Å². The molecule has 1 aliphatic carbocycles. The number of aromatic amines is 1. The Balaban J connectivity index is 1.74. The number of aryl methyl sites for hydroxylation is 1. The van der Waals surface area contributed by atoms with Gasteiger partial charge in [0, 0.05) is 12.2 Å². The molecule has 1 aromatic heterocycles. The van der Waals surface area contributed by atoms with Crippen molar-refractivity contribution in [2.75, 3.05) is 27.2 Å². The van der Waals surface area contributed by atoms with E-state index in [1.54, 1.807) is 0 Å². The van der Waals surface area contributed by atoms with E-state index in [2.05, 4.69) is 34.5 Å². The molecule has 4 heteroatoms. The summed E-state index contributed by atoms with van der Waals surface area (Å²) >= 11 is 0. The van der Waals surface area contributed by atoms with Crippen LogP contribution in [0.3, 0.4) is 0 Å². The van der Waals surface area contributed by atoms with Gasteiger partial charge in [0.15, 0.2) is 0 Å². The lowest BCUT2D eigenvalue weighted by Gasteiger charge is -2.12. The predicted molar refractivity (Wildman–Crippen MR) is 70.1 cm³/mol. The first-order chi connectivity index (χ1) is 8.27. The molecule has 0 bridgehead atoms. The maximum absolute atomic E-state index is 4.43. The Hall–Kier alpha value is -0.870. The van der Waals surface area contributed by atoms with Crippen LogP contribution in [0.1, 0.15) is 36.2 Å². The zero-order valence-electron chi connectivity index (χ0n) is 11.1. The molecule has 4 nitrogen and oxygen atoms in total. The fraction of sp³-hybridized carbons (Fsp3) is 0.769. The first-order valence-corrected chi connectivity index (χ1v) is 6.68. The third kappa shape index (κ3) is 3.54. The fourth-order valence-electron chi connectivity index (χ4n) is 2.42. The van der Waals surface area contributed by atoms with Crippen LogP contribution in [0.2, 0.25) is 0 Å². The van der Waals surface area contributed by atoms with Gasteiger partial charge in [0.1, 0.15) is 0 Å². The summed E-state index contributed by atoms with van der Waals surface area (Å²) in [6.07, 6.45) is 6.22. The van der Waals surface area contributed by atoms with Crippen molar-refractivity contribution >= 4 is 0 Å². The van der Waals surface area contributed by atoms with Gasteiger partial charge in [-0.05, 0) is 64.9 Å². The zero-order chi connectivity index (χ0) is 12.1. The lowest BCUT2D eigenvalue weighted by molar-refractivity contribution is 0.394. The minimum atomic E-state index is 0.916. The van der Waals surface area contributed by atoms with Crippen LogP contribution in [0.4, 0.5) is 0 Å². The van der Waals surface area contributed by atoms with E-state index in [9.17, 15) is 0 Å². The molecule has 96 valence electrons. The van der Waals surface area contributed by atoms with Gasteiger partial charge in [0.05, 0.1) is 5.69 Å². The number of H-pyrrole nitrogens is 1. The fourth-order valence-corrected chi connectivity index (χ4v) is 2.42. The number of aromatic nitrogens is 2. The summed E-state index contributed by atoms with van der Waals surface area (Å²) in [6.45, 7) is 3.13. The highest BCUT2D eigenvalue weighted by Crippen LogP contribution is 2.21. The Morgan fingerprint density at radius 1 is 1.29 bits per heavy atom. The molecule has 0 aromatic carbocycles.